The molecule has 1 nitrogen and oxygen atoms in total. The van der Waals surface area contributed by atoms with Crippen molar-refractivity contribution in [2.75, 3.05) is 5.75 Å². The van der Waals surface area contributed by atoms with Crippen molar-refractivity contribution in [2.24, 2.45) is 0 Å². The van der Waals surface area contributed by atoms with E-state index in [1.54, 1.807) is 0 Å². The highest BCUT2D eigenvalue weighted by molar-refractivity contribution is 7.80. The predicted octanol–water partition coefficient (Wildman–Crippen LogP) is 2.64. The standard InChI is InChI=1S/C10H15NS/c1-9-5-6-10(11-8-9)4-2-3-7-12/h5-6,8,12H,2-4,7H2,1H3. The minimum atomic E-state index is 0.978. The molecule has 1 aromatic heterocycles. The Morgan fingerprint density at radius 1 is 1.33 bits per heavy atom. The third kappa shape index (κ3) is 3.26. The Labute approximate surface area is 79.6 Å². The van der Waals surface area contributed by atoms with E-state index in [1.807, 2.05) is 6.20 Å². The number of thiol groups is 1. The van der Waals surface area contributed by atoms with Gasteiger partial charge in [0.15, 0.2) is 0 Å². The van der Waals surface area contributed by atoms with Crippen LogP contribution >= 0.6 is 12.6 Å². The molecular formula is C10H15NS. The quantitative estimate of drug-likeness (QED) is 0.556. The first-order valence-electron chi connectivity index (χ1n) is 4.35. The molecule has 0 spiro atoms. The summed E-state index contributed by atoms with van der Waals surface area (Å²) in [5.74, 6) is 0.978. The van der Waals surface area contributed by atoms with Gasteiger partial charge in [0, 0.05) is 11.9 Å². The lowest BCUT2D eigenvalue weighted by molar-refractivity contribution is 0.784. The maximum atomic E-state index is 4.33. The summed E-state index contributed by atoms with van der Waals surface area (Å²) in [5.41, 5.74) is 2.43. The molecule has 0 radical (unpaired) electrons. The molecular weight excluding hydrogens is 166 g/mol. The van der Waals surface area contributed by atoms with Gasteiger partial charge in [-0.1, -0.05) is 6.07 Å². The van der Waals surface area contributed by atoms with Crippen LogP contribution in [-0.2, 0) is 6.42 Å². The van der Waals surface area contributed by atoms with Gasteiger partial charge in [-0.2, -0.15) is 12.6 Å². The molecule has 12 heavy (non-hydrogen) atoms. The first-order chi connectivity index (χ1) is 5.83. The van der Waals surface area contributed by atoms with E-state index in [0.717, 1.165) is 12.2 Å². The van der Waals surface area contributed by atoms with E-state index in [0.29, 0.717) is 0 Å². The lowest BCUT2D eigenvalue weighted by atomic mass is 10.2. The van der Waals surface area contributed by atoms with Gasteiger partial charge in [-0.05, 0) is 43.6 Å². The smallest absolute Gasteiger partial charge is 0.0403 e. The number of aromatic nitrogens is 1. The number of unbranched alkanes of at least 4 members (excludes halogenated alkanes) is 1. The third-order valence-corrected chi connectivity index (χ3v) is 2.13. The maximum Gasteiger partial charge on any atom is 0.0403 e. The summed E-state index contributed by atoms with van der Waals surface area (Å²) >= 11 is 4.16. The molecule has 0 aliphatic heterocycles. The van der Waals surface area contributed by atoms with E-state index in [9.17, 15) is 0 Å². The first kappa shape index (κ1) is 9.59. The highest BCUT2D eigenvalue weighted by atomic mass is 32.1. The molecule has 0 saturated carbocycles. The summed E-state index contributed by atoms with van der Waals surface area (Å²) in [5, 5.41) is 0. The topological polar surface area (TPSA) is 12.9 Å². The van der Waals surface area contributed by atoms with Crippen LogP contribution in [0, 0.1) is 6.92 Å². The van der Waals surface area contributed by atoms with Crippen molar-refractivity contribution in [2.45, 2.75) is 26.2 Å². The molecule has 0 amide bonds. The summed E-state index contributed by atoms with van der Waals surface area (Å²) in [6, 6.07) is 4.22. The van der Waals surface area contributed by atoms with Crippen LogP contribution in [0.4, 0.5) is 0 Å². The molecule has 0 aliphatic carbocycles. The van der Waals surface area contributed by atoms with Crippen molar-refractivity contribution in [1.82, 2.24) is 4.98 Å². The van der Waals surface area contributed by atoms with Crippen LogP contribution in [0.15, 0.2) is 18.3 Å². The monoisotopic (exact) mass is 181 g/mol. The van der Waals surface area contributed by atoms with E-state index in [1.165, 1.54) is 24.1 Å². The molecule has 0 aliphatic rings. The van der Waals surface area contributed by atoms with E-state index in [2.05, 4.69) is 36.7 Å². The second-order valence-electron chi connectivity index (χ2n) is 3.01. The van der Waals surface area contributed by atoms with Crippen LogP contribution in [0.25, 0.3) is 0 Å². The molecule has 1 aromatic rings. The molecule has 1 heterocycles. The molecule has 1 rings (SSSR count). The lowest BCUT2D eigenvalue weighted by Crippen LogP contribution is -1.90. The van der Waals surface area contributed by atoms with Gasteiger partial charge in [-0.25, -0.2) is 0 Å². The minimum absolute atomic E-state index is 0.978. The summed E-state index contributed by atoms with van der Waals surface area (Å²) in [4.78, 5) is 4.33. The molecule has 0 fully saturated rings. The van der Waals surface area contributed by atoms with Crippen molar-refractivity contribution in [1.29, 1.82) is 0 Å². The molecule has 0 N–H and O–H groups in total. The van der Waals surface area contributed by atoms with Crippen LogP contribution in [0.5, 0.6) is 0 Å². The van der Waals surface area contributed by atoms with Gasteiger partial charge >= 0.3 is 0 Å². The molecule has 2 heteroatoms. The summed E-state index contributed by atoms with van der Waals surface area (Å²) in [6.07, 6.45) is 5.38. The average molecular weight is 181 g/mol. The van der Waals surface area contributed by atoms with Crippen molar-refractivity contribution in [3.63, 3.8) is 0 Å². The number of aryl methyl sites for hydroxylation is 2. The van der Waals surface area contributed by atoms with Crippen molar-refractivity contribution >= 4 is 12.6 Å². The third-order valence-electron chi connectivity index (χ3n) is 1.81. The summed E-state index contributed by atoms with van der Waals surface area (Å²) in [6.45, 7) is 2.06. The largest absolute Gasteiger partial charge is 0.261 e. The van der Waals surface area contributed by atoms with E-state index in [4.69, 9.17) is 0 Å². The first-order valence-corrected chi connectivity index (χ1v) is 4.98. The van der Waals surface area contributed by atoms with Crippen LogP contribution in [0.3, 0.4) is 0 Å². The SMILES string of the molecule is Cc1ccc(CCCCS)nc1. The molecule has 0 aromatic carbocycles. The average Bonchev–Trinajstić information content (AvgIpc) is 2.09. The normalized spacial score (nSPS) is 10.2. The molecule has 0 bridgehead atoms. The summed E-state index contributed by atoms with van der Waals surface area (Å²) < 4.78 is 0. The van der Waals surface area contributed by atoms with E-state index >= 15 is 0 Å². The Morgan fingerprint density at radius 3 is 2.75 bits per heavy atom. The van der Waals surface area contributed by atoms with E-state index in [-0.39, 0.29) is 0 Å². The number of rotatable bonds is 4. The Kier molecular flexibility index (Phi) is 4.15. The number of hydrogen-bond acceptors (Lipinski definition) is 2. The Balaban J connectivity index is 2.37. The highest BCUT2D eigenvalue weighted by Gasteiger charge is 1.93. The fourth-order valence-electron chi connectivity index (χ4n) is 1.06. The second-order valence-corrected chi connectivity index (χ2v) is 3.45. The fraction of sp³-hybridized carbons (Fsp3) is 0.500. The van der Waals surface area contributed by atoms with Crippen LogP contribution in [0.1, 0.15) is 24.1 Å². The number of hydrogen-bond donors (Lipinski definition) is 1. The van der Waals surface area contributed by atoms with Gasteiger partial charge in [0.05, 0.1) is 0 Å². The molecule has 66 valence electrons. The van der Waals surface area contributed by atoms with Gasteiger partial charge in [0.2, 0.25) is 0 Å². The van der Waals surface area contributed by atoms with Crippen molar-refractivity contribution in [3.05, 3.63) is 29.6 Å². The Morgan fingerprint density at radius 2 is 2.17 bits per heavy atom. The van der Waals surface area contributed by atoms with Crippen LogP contribution in [-0.4, -0.2) is 10.7 Å². The number of pyridine rings is 1. The van der Waals surface area contributed by atoms with Gasteiger partial charge in [-0.3, -0.25) is 4.98 Å². The predicted molar refractivity (Wildman–Crippen MR) is 55.8 cm³/mol. The van der Waals surface area contributed by atoms with Crippen LogP contribution < -0.4 is 0 Å². The molecule has 0 saturated heterocycles. The fourth-order valence-corrected chi connectivity index (χ4v) is 1.29. The Hall–Kier alpha value is -0.500. The van der Waals surface area contributed by atoms with Crippen molar-refractivity contribution < 1.29 is 0 Å². The zero-order valence-corrected chi connectivity index (χ0v) is 8.35. The van der Waals surface area contributed by atoms with Crippen LogP contribution in [0.2, 0.25) is 0 Å². The minimum Gasteiger partial charge on any atom is -0.261 e. The highest BCUT2D eigenvalue weighted by Crippen LogP contribution is 2.03. The second kappa shape index (κ2) is 5.20. The van der Waals surface area contributed by atoms with Gasteiger partial charge in [0.1, 0.15) is 0 Å². The zero-order chi connectivity index (χ0) is 8.81. The maximum absolute atomic E-state index is 4.33. The van der Waals surface area contributed by atoms with E-state index < -0.39 is 0 Å². The lowest BCUT2D eigenvalue weighted by Gasteiger charge is -1.99. The number of nitrogens with zero attached hydrogens (tertiary/aromatic N) is 1. The molecule has 0 atom stereocenters. The van der Waals surface area contributed by atoms with Gasteiger partial charge in [0.25, 0.3) is 0 Å². The summed E-state index contributed by atoms with van der Waals surface area (Å²) in [7, 11) is 0. The zero-order valence-electron chi connectivity index (χ0n) is 7.45. The molecule has 0 unspecified atom stereocenters. The van der Waals surface area contributed by atoms with Gasteiger partial charge < -0.3 is 0 Å². The Bertz CT molecular complexity index is 218. The van der Waals surface area contributed by atoms with Gasteiger partial charge in [-0.15, -0.1) is 0 Å². The van der Waals surface area contributed by atoms with Crippen molar-refractivity contribution in [3.8, 4) is 0 Å².